The molecule has 1 atom stereocenters. The first-order valence-electron chi connectivity index (χ1n) is 6.36. The van der Waals surface area contributed by atoms with Crippen LogP contribution < -0.4 is 10.1 Å². The van der Waals surface area contributed by atoms with Gasteiger partial charge in [0.2, 0.25) is 0 Å². The van der Waals surface area contributed by atoms with Gasteiger partial charge in [0.25, 0.3) is 0 Å². The molecule has 94 valence electrons. The highest BCUT2D eigenvalue weighted by Crippen LogP contribution is 2.33. The van der Waals surface area contributed by atoms with Gasteiger partial charge in [-0.05, 0) is 39.7 Å². The molecule has 1 aromatic carbocycles. The molecule has 0 aliphatic carbocycles. The molecule has 0 radical (unpaired) electrons. The molecule has 0 fully saturated rings. The summed E-state index contributed by atoms with van der Waals surface area (Å²) in [6.07, 6.45) is 1.20. The molecule has 0 aromatic heterocycles. The van der Waals surface area contributed by atoms with Crippen LogP contribution in [0.2, 0.25) is 0 Å². The zero-order chi connectivity index (χ0) is 12.1. The van der Waals surface area contributed by atoms with E-state index < -0.39 is 0 Å². The van der Waals surface area contributed by atoms with Gasteiger partial charge >= 0.3 is 0 Å². The van der Waals surface area contributed by atoms with Crippen LogP contribution in [0, 0.1) is 0 Å². The normalized spacial score (nSPS) is 18.2. The summed E-state index contributed by atoms with van der Waals surface area (Å²) in [5.74, 6) is 1.60. The fourth-order valence-electron chi connectivity index (χ4n) is 2.37. The van der Waals surface area contributed by atoms with Crippen molar-refractivity contribution in [2.75, 3.05) is 40.3 Å². The highest BCUT2D eigenvalue weighted by molar-refractivity contribution is 5.39. The summed E-state index contributed by atoms with van der Waals surface area (Å²) < 4.78 is 5.70. The maximum absolute atomic E-state index is 5.70. The van der Waals surface area contributed by atoms with Gasteiger partial charge in [0, 0.05) is 18.0 Å². The Morgan fingerprint density at radius 2 is 2.24 bits per heavy atom. The van der Waals surface area contributed by atoms with Gasteiger partial charge in [-0.1, -0.05) is 18.2 Å². The molecular weight excluding hydrogens is 212 g/mol. The molecule has 0 saturated heterocycles. The predicted octanol–water partition coefficient (Wildman–Crippen LogP) is 1.70. The molecule has 0 spiro atoms. The van der Waals surface area contributed by atoms with Crippen LogP contribution in [-0.2, 0) is 0 Å². The Hall–Kier alpha value is -1.06. The van der Waals surface area contributed by atoms with Crippen LogP contribution in [0.15, 0.2) is 24.3 Å². The molecule has 1 aliphatic rings. The van der Waals surface area contributed by atoms with Crippen molar-refractivity contribution in [3.63, 3.8) is 0 Å². The minimum absolute atomic E-state index is 0.533. The van der Waals surface area contributed by atoms with Crippen molar-refractivity contribution < 1.29 is 4.74 Å². The predicted molar refractivity (Wildman–Crippen MR) is 70.7 cm³/mol. The van der Waals surface area contributed by atoms with Crippen molar-refractivity contribution in [1.82, 2.24) is 10.2 Å². The van der Waals surface area contributed by atoms with Crippen LogP contribution in [0.25, 0.3) is 0 Å². The molecule has 17 heavy (non-hydrogen) atoms. The lowest BCUT2D eigenvalue weighted by molar-refractivity contribution is 0.264. The van der Waals surface area contributed by atoms with Crippen molar-refractivity contribution in [1.29, 1.82) is 0 Å². The molecule has 0 saturated carbocycles. The number of ether oxygens (including phenoxy) is 1. The zero-order valence-corrected chi connectivity index (χ0v) is 10.8. The van der Waals surface area contributed by atoms with Crippen LogP contribution >= 0.6 is 0 Å². The lowest BCUT2D eigenvalue weighted by Crippen LogP contribution is -2.28. The Morgan fingerprint density at radius 1 is 1.41 bits per heavy atom. The van der Waals surface area contributed by atoms with E-state index in [0.717, 1.165) is 32.0 Å². The molecule has 1 aromatic rings. The summed E-state index contributed by atoms with van der Waals surface area (Å²) in [4.78, 5) is 2.40. The molecule has 3 heteroatoms. The van der Waals surface area contributed by atoms with Gasteiger partial charge in [0.05, 0.1) is 6.61 Å². The van der Waals surface area contributed by atoms with Gasteiger partial charge in [-0.2, -0.15) is 0 Å². The van der Waals surface area contributed by atoms with Gasteiger partial charge in [0.1, 0.15) is 5.75 Å². The molecule has 3 nitrogen and oxygen atoms in total. The first kappa shape index (κ1) is 12.4. The average molecular weight is 234 g/mol. The molecule has 1 N–H and O–H groups in total. The summed E-state index contributed by atoms with van der Waals surface area (Å²) in [6, 6.07) is 8.39. The fraction of sp³-hybridized carbons (Fsp3) is 0.571. The highest BCUT2D eigenvalue weighted by Gasteiger charge is 2.24. The van der Waals surface area contributed by atoms with E-state index in [1.54, 1.807) is 0 Å². The fourth-order valence-corrected chi connectivity index (χ4v) is 2.37. The second-order valence-corrected chi connectivity index (χ2v) is 4.77. The van der Waals surface area contributed by atoms with Crippen LogP contribution in [0.4, 0.5) is 0 Å². The van der Waals surface area contributed by atoms with Crippen molar-refractivity contribution >= 4 is 0 Å². The minimum atomic E-state index is 0.533. The Kier molecular flexibility index (Phi) is 4.40. The van der Waals surface area contributed by atoms with Gasteiger partial charge in [-0.3, -0.25) is 0 Å². The Bertz CT molecular complexity index is 354. The standard InChI is InChI=1S/C14H22N2O/c1-15-8-5-9-16(2)10-12-11-17-14-7-4-3-6-13(12)14/h3-4,6-7,12,15H,5,8-11H2,1-2H3. The third-order valence-electron chi connectivity index (χ3n) is 3.30. The lowest BCUT2D eigenvalue weighted by Gasteiger charge is -2.20. The second-order valence-electron chi connectivity index (χ2n) is 4.77. The molecule has 1 unspecified atom stereocenters. The summed E-state index contributed by atoms with van der Waals surface area (Å²) in [6.45, 7) is 4.14. The van der Waals surface area contributed by atoms with Crippen molar-refractivity contribution in [3.8, 4) is 5.75 Å². The maximum atomic E-state index is 5.70. The van der Waals surface area contributed by atoms with Crippen LogP contribution in [-0.4, -0.2) is 45.2 Å². The van der Waals surface area contributed by atoms with E-state index >= 15 is 0 Å². The number of hydrogen-bond donors (Lipinski definition) is 1. The molecule has 1 heterocycles. The summed E-state index contributed by atoms with van der Waals surface area (Å²) >= 11 is 0. The number of nitrogens with zero attached hydrogens (tertiary/aromatic N) is 1. The van der Waals surface area contributed by atoms with Crippen molar-refractivity contribution in [2.24, 2.45) is 0 Å². The summed E-state index contributed by atoms with van der Waals surface area (Å²) in [5, 5.41) is 3.18. The largest absolute Gasteiger partial charge is 0.493 e. The molecular formula is C14H22N2O. The molecule has 1 aliphatic heterocycles. The summed E-state index contributed by atoms with van der Waals surface area (Å²) in [5.41, 5.74) is 1.37. The van der Waals surface area contributed by atoms with Crippen LogP contribution in [0.3, 0.4) is 0 Å². The monoisotopic (exact) mass is 234 g/mol. The van der Waals surface area contributed by atoms with Crippen LogP contribution in [0.1, 0.15) is 17.9 Å². The van der Waals surface area contributed by atoms with E-state index in [-0.39, 0.29) is 0 Å². The minimum Gasteiger partial charge on any atom is -0.493 e. The third kappa shape index (κ3) is 3.20. The number of benzene rings is 1. The molecule has 0 amide bonds. The van der Waals surface area contributed by atoms with E-state index in [0.29, 0.717) is 5.92 Å². The van der Waals surface area contributed by atoms with E-state index in [9.17, 15) is 0 Å². The molecule has 0 bridgehead atoms. The Labute approximate surface area is 104 Å². The Morgan fingerprint density at radius 3 is 3.06 bits per heavy atom. The van der Waals surface area contributed by atoms with E-state index in [4.69, 9.17) is 4.74 Å². The van der Waals surface area contributed by atoms with Gasteiger partial charge in [-0.15, -0.1) is 0 Å². The number of fused-ring (bicyclic) bond motifs is 1. The lowest BCUT2D eigenvalue weighted by atomic mass is 10.0. The quantitative estimate of drug-likeness (QED) is 0.758. The topological polar surface area (TPSA) is 24.5 Å². The van der Waals surface area contributed by atoms with Crippen molar-refractivity contribution in [3.05, 3.63) is 29.8 Å². The van der Waals surface area contributed by atoms with E-state index in [2.05, 4.69) is 35.5 Å². The van der Waals surface area contributed by atoms with Crippen LogP contribution in [0.5, 0.6) is 5.75 Å². The summed E-state index contributed by atoms with van der Waals surface area (Å²) in [7, 11) is 4.19. The van der Waals surface area contributed by atoms with Gasteiger partial charge < -0.3 is 15.0 Å². The number of rotatable bonds is 6. The van der Waals surface area contributed by atoms with E-state index in [1.165, 1.54) is 12.0 Å². The highest BCUT2D eigenvalue weighted by atomic mass is 16.5. The first-order valence-corrected chi connectivity index (χ1v) is 6.36. The number of nitrogens with one attached hydrogen (secondary N) is 1. The second kappa shape index (κ2) is 6.03. The maximum Gasteiger partial charge on any atom is 0.122 e. The average Bonchev–Trinajstić information content (AvgIpc) is 2.73. The van der Waals surface area contributed by atoms with Crippen molar-refractivity contribution in [2.45, 2.75) is 12.3 Å². The SMILES string of the molecule is CNCCCN(C)CC1COc2ccccc21. The first-order chi connectivity index (χ1) is 8.31. The number of para-hydroxylation sites is 1. The number of hydrogen-bond acceptors (Lipinski definition) is 3. The van der Waals surface area contributed by atoms with Gasteiger partial charge in [0.15, 0.2) is 0 Å². The number of likely N-dealkylation sites (N-methyl/N-ethyl adjacent to an activating group) is 1. The van der Waals surface area contributed by atoms with E-state index in [1.807, 2.05) is 13.1 Å². The Balaban J connectivity index is 1.84. The third-order valence-corrected chi connectivity index (χ3v) is 3.30. The zero-order valence-electron chi connectivity index (χ0n) is 10.8. The smallest absolute Gasteiger partial charge is 0.122 e. The van der Waals surface area contributed by atoms with Gasteiger partial charge in [-0.25, -0.2) is 0 Å². The molecule has 2 rings (SSSR count).